The molecule has 0 aliphatic carbocycles. The van der Waals surface area contributed by atoms with Gasteiger partial charge in [-0.3, -0.25) is 0 Å². The maximum atomic E-state index is 2.57. The van der Waals surface area contributed by atoms with E-state index in [0.717, 1.165) is 34.1 Å². The van der Waals surface area contributed by atoms with Gasteiger partial charge in [-0.1, -0.05) is 287 Å². The van der Waals surface area contributed by atoms with Crippen LogP contribution in [0.3, 0.4) is 0 Å². The van der Waals surface area contributed by atoms with E-state index < -0.39 is 16.1 Å². The molecule has 113 heavy (non-hydrogen) atoms. The predicted octanol–water partition coefficient (Wildman–Crippen LogP) is 23.8. The van der Waals surface area contributed by atoms with Crippen LogP contribution >= 0.6 is 0 Å². The van der Waals surface area contributed by atoms with Gasteiger partial charge in [0, 0.05) is 102 Å². The van der Waals surface area contributed by atoms with Crippen molar-refractivity contribution in [2.45, 2.75) is 125 Å². The molecular weight excluding hydrogens is 1400 g/mol. The number of hydrogen-bond acceptors (Lipinski definition) is 6. The number of anilines is 18. The van der Waals surface area contributed by atoms with E-state index in [9.17, 15) is 0 Å². The van der Waals surface area contributed by atoms with Crippen molar-refractivity contribution in [1.82, 2.24) is 0 Å². The summed E-state index contributed by atoms with van der Waals surface area (Å²) < 4.78 is 0. The topological polar surface area (TPSA) is 19.4 Å². The minimum Gasteiger partial charge on any atom is -0.311 e. The highest BCUT2D eigenvalue weighted by atomic mass is 28.3. The van der Waals surface area contributed by atoms with Crippen molar-refractivity contribution in [3.63, 3.8) is 0 Å². The second-order valence-electron chi connectivity index (χ2n) is 36.4. The van der Waals surface area contributed by atoms with Crippen LogP contribution in [0.15, 0.2) is 328 Å². The summed E-state index contributed by atoms with van der Waals surface area (Å²) in [5.41, 5.74) is 34.9. The molecule has 4 aliphatic rings. The number of benzene rings is 14. The fourth-order valence-corrected chi connectivity index (χ4v) is 19.6. The first-order valence-electron chi connectivity index (χ1n) is 40.4. The van der Waals surface area contributed by atoms with Gasteiger partial charge in [-0.2, -0.15) is 0 Å². The van der Waals surface area contributed by atoms with Crippen molar-refractivity contribution in [1.29, 1.82) is 0 Å². The quantitative estimate of drug-likeness (QED) is 0.113. The standard InChI is InChI=1S/C54H56BN3Si.C49H46BN3Si/c1-37-20-26-43(27-21-37)58-49-34-44(56(41-28-22-38(23-29-41)53(2,3)4)42-30-24-39(25-31-42)54(5,6)7)32-33-47(49)55-46-18-14-15-19-48(46)57(40-16-12-11-13-17-40)50-35-45(59(8,9)10)36-51(58)52(50)55;1-49(2,3)35-26-28-39(29-27-35)53-45-32-40(51(36-18-10-7-11-19-36)37-20-12-8-13-21-37)30-31-43(45)50-42-24-16-17-25-44(42)52(38-22-14-9-15-23-38)46-33-41(54(4,5)6)34-47(53)48(46)50/h11-36H,1-10H3;7-34H,1-6H3. The van der Waals surface area contributed by atoms with Crippen LogP contribution in [0.5, 0.6) is 0 Å². The van der Waals surface area contributed by atoms with Crippen LogP contribution in [0.1, 0.15) is 84.6 Å². The highest BCUT2D eigenvalue weighted by Crippen LogP contribution is 2.50. The first-order valence-corrected chi connectivity index (χ1v) is 47.4. The lowest BCUT2D eigenvalue weighted by molar-refractivity contribution is 0.590. The van der Waals surface area contributed by atoms with E-state index in [0.29, 0.717) is 0 Å². The fourth-order valence-electron chi connectivity index (χ4n) is 17.3. The molecule has 0 aromatic heterocycles. The summed E-state index contributed by atoms with van der Waals surface area (Å²) in [5.74, 6) is 0. The Kier molecular flexibility index (Phi) is 18.8. The van der Waals surface area contributed by atoms with Gasteiger partial charge in [0.25, 0.3) is 13.4 Å². The van der Waals surface area contributed by atoms with E-state index in [1.54, 1.807) is 0 Å². The summed E-state index contributed by atoms with van der Waals surface area (Å²) >= 11 is 0. The molecule has 0 spiro atoms. The Hall–Kier alpha value is -11.6. The number of para-hydroxylation sites is 6. The second-order valence-corrected chi connectivity index (χ2v) is 46.6. The number of rotatable bonds is 12. The lowest BCUT2D eigenvalue weighted by atomic mass is 9.33. The second kappa shape index (κ2) is 28.6. The number of fused-ring (bicyclic) bond motifs is 8. The van der Waals surface area contributed by atoms with Crippen LogP contribution < -0.4 is 72.5 Å². The molecule has 0 bridgehead atoms. The third-order valence-corrected chi connectivity index (χ3v) is 27.5. The molecule has 0 radical (unpaired) electrons. The van der Waals surface area contributed by atoms with Crippen molar-refractivity contribution in [2.24, 2.45) is 0 Å². The van der Waals surface area contributed by atoms with Gasteiger partial charge in [0.2, 0.25) is 0 Å². The first-order chi connectivity index (χ1) is 54.2. The van der Waals surface area contributed by atoms with Crippen molar-refractivity contribution >= 4 is 175 Å². The van der Waals surface area contributed by atoms with Crippen LogP contribution in [0, 0.1) is 6.92 Å². The Morgan fingerprint density at radius 3 is 0.823 bits per heavy atom. The average Bonchev–Trinajstić information content (AvgIpc) is 0.700. The molecule has 0 amide bonds. The monoisotopic (exact) mass is 1500 g/mol. The smallest absolute Gasteiger partial charge is 0.252 e. The Morgan fingerprint density at radius 2 is 0.496 bits per heavy atom. The van der Waals surface area contributed by atoms with Crippen molar-refractivity contribution in [3.05, 3.63) is 350 Å². The first kappa shape index (κ1) is 74.2. The van der Waals surface area contributed by atoms with Gasteiger partial charge in [0.15, 0.2) is 0 Å². The molecule has 14 aromatic carbocycles. The molecule has 0 atom stereocenters. The van der Waals surface area contributed by atoms with Crippen molar-refractivity contribution in [2.75, 3.05) is 29.4 Å². The minimum atomic E-state index is -1.81. The molecule has 0 unspecified atom stereocenters. The summed E-state index contributed by atoms with van der Waals surface area (Å²) in [4.78, 5) is 15.0. The number of aryl methyl sites for hydroxylation is 1. The third kappa shape index (κ3) is 13.7. The highest BCUT2D eigenvalue weighted by molar-refractivity contribution is 7.01. The van der Waals surface area contributed by atoms with E-state index in [1.807, 2.05) is 0 Å². The summed E-state index contributed by atoms with van der Waals surface area (Å²) in [5, 5.41) is 2.89. The lowest BCUT2D eigenvalue weighted by Gasteiger charge is -2.45. The maximum Gasteiger partial charge on any atom is 0.252 e. The molecular formula is C103H102B2N6Si2. The molecule has 6 nitrogen and oxygen atoms in total. The highest BCUT2D eigenvalue weighted by Gasteiger charge is 2.47. The largest absolute Gasteiger partial charge is 0.311 e. The predicted molar refractivity (Wildman–Crippen MR) is 497 cm³/mol. The Bertz CT molecular complexity index is 5770. The SMILES string of the molecule is CC(C)(C)c1ccc(N2c3cc(N(c4ccccc4)c4ccccc4)ccc3B3c4ccccc4N(c4ccccc4)c4cc([Si](C)(C)C)cc2c43)cc1.Cc1ccc(N2c3cc(N(c4ccc(C(C)(C)C)cc4)c4ccc(C(C)(C)C)cc4)ccc3B3c4ccccc4N(c4ccccc4)c4cc([Si](C)(C)C)cc2c43)cc1. The molecule has 4 heterocycles. The van der Waals surface area contributed by atoms with Gasteiger partial charge in [0.05, 0.1) is 16.1 Å². The molecule has 0 fully saturated rings. The Labute approximate surface area is 674 Å². The van der Waals surface area contributed by atoms with Gasteiger partial charge in [-0.05, 0) is 230 Å². The molecule has 558 valence electrons. The van der Waals surface area contributed by atoms with E-state index in [4.69, 9.17) is 0 Å². The van der Waals surface area contributed by atoms with E-state index in [1.165, 1.54) is 134 Å². The minimum absolute atomic E-state index is 0.0548. The molecule has 0 N–H and O–H groups in total. The van der Waals surface area contributed by atoms with E-state index in [2.05, 4.69) is 466 Å². The summed E-state index contributed by atoms with van der Waals surface area (Å²) in [7, 11) is -3.60. The fraction of sp³-hybridized carbons (Fsp3) is 0.184. The summed E-state index contributed by atoms with van der Waals surface area (Å²) in [6, 6.07) is 123. The number of hydrogen-bond donors (Lipinski definition) is 0. The average molecular weight is 1500 g/mol. The zero-order valence-corrected chi connectivity index (χ0v) is 70.5. The maximum absolute atomic E-state index is 2.57. The summed E-state index contributed by atoms with van der Waals surface area (Å²) in [6.07, 6.45) is 0. The molecule has 4 aliphatic heterocycles. The van der Waals surface area contributed by atoms with Crippen LogP contribution in [-0.4, -0.2) is 29.6 Å². The molecule has 14 aromatic rings. The molecule has 0 saturated carbocycles. The van der Waals surface area contributed by atoms with Crippen LogP contribution in [0.4, 0.5) is 102 Å². The normalized spacial score (nSPS) is 13.4. The lowest BCUT2D eigenvalue weighted by Crippen LogP contribution is -2.62. The van der Waals surface area contributed by atoms with Gasteiger partial charge < -0.3 is 29.4 Å². The third-order valence-electron chi connectivity index (χ3n) is 23.5. The number of nitrogens with zero attached hydrogens (tertiary/aromatic N) is 6. The zero-order valence-electron chi connectivity index (χ0n) is 68.5. The van der Waals surface area contributed by atoms with Crippen molar-refractivity contribution < 1.29 is 0 Å². The van der Waals surface area contributed by atoms with E-state index >= 15 is 0 Å². The Morgan fingerprint density at radius 1 is 0.239 bits per heavy atom. The van der Waals surface area contributed by atoms with Gasteiger partial charge in [0.1, 0.15) is 0 Å². The van der Waals surface area contributed by atoms with E-state index in [-0.39, 0.29) is 29.7 Å². The van der Waals surface area contributed by atoms with Crippen LogP contribution in [0.25, 0.3) is 0 Å². The molecule has 18 rings (SSSR count). The van der Waals surface area contributed by atoms with Gasteiger partial charge >= 0.3 is 0 Å². The van der Waals surface area contributed by atoms with Crippen LogP contribution in [0.2, 0.25) is 39.3 Å². The molecule has 0 saturated heterocycles. The van der Waals surface area contributed by atoms with Crippen LogP contribution in [-0.2, 0) is 16.2 Å². The molecule has 10 heteroatoms. The van der Waals surface area contributed by atoms with Gasteiger partial charge in [-0.25, -0.2) is 0 Å². The summed E-state index contributed by atoms with van der Waals surface area (Å²) in [6.45, 7) is 37.7. The van der Waals surface area contributed by atoms with Crippen molar-refractivity contribution in [3.8, 4) is 0 Å². The zero-order chi connectivity index (χ0) is 78.6. The van der Waals surface area contributed by atoms with Gasteiger partial charge in [-0.15, -0.1) is 0 Å². The Balaban J connectivity index is 0.000000164.